The summed E-state index contributed by atoms with van der Waals surface area (Å²) in [7, 11) is 0. The minimum absolute atomic E-state index is 0.00797. The van der Waals surface area contributed by atoms with Crippen molar-refractivity contribution in [2.75, 3.05) is 5.75 Å². The second-order valence-electron chi connectivity index (χ2n) is 5.38. The van der Waals surface area contributed by atoms with Crippen molar-refractivity contribution < 1.29 is 9.21 Å². The van der Waals surface area contributed by atoms with Crippen LogP contribution in [0, 0.1) is 0 Å². The topological polar surface area (TPSA) is 60.1 Å². The van der Waals surface area contributed by atoms with Crippen LogP contribution in [0.4, 0.5) is 0 Å². The summed E-state index contributed by atoms with van der Waals surface area (Å²) in [4.78, 5) is 12.0. The maximum atomic E-state index is 12.0. The lowest BCUT2D eigenvalue weighted by molar-refractivity contribution is -0.119. The van der Waals surface area contributed by atoms with Crippen LogP contribution in [0.2, 0.25) is 0 Å². The summed E-state index contributed by atoms with van der Waals surface area (Å²) in [6.07, 6.45) is 3.54. The fraction of sp³-hybridized carbons (Fsp3) is 0.222. The number of carbonyl (C=O) groups excluding carboxylic acids is 1. The molecule has 1 atom stereocenters. The second-order valence-corrected chi connectivity index (χ2v) is 6.37. The van der Waals surface area contributed by atoms with E-state index in [0.717, 1.165) is 17.1 Å². The molecule has 1 aromatic carbocycles. The van der Waals surface area contributed by atoms with Crippen molar-refractivity contribution in [2.24, 2.45) is 0 Å². The van der Waals surface area contributed by atoms with E-state index < -0.39 is 0 Å². The highest BCUT2D eigenvalue weighted by Crippen LogP contribution is 2.15. The third kappa shape index (κ3) is 4.29. The summed E-state index contributed by atoms with van der Waals surface area (Å²) in [5, 5.41) is 7.45. The molecule has 0 aliphatic rings. The fourth-order valence-electron chi connectivity index (χ4n) is 2.30. The van der Waals surface area contributed by atoms with Crippen molar-refractivity contribution in [3.8, 4) is 5.69 Å². The van der Waals surface area contributed by atoms with Gasteiger partial charge in [-0.2, -0.15) is 5.10 Å². The minimum Gasteiger partial charge on any atom is -0.467 e. The molecule has 3 aromatic rings. The molecular weight excluding hydrogens is 322 g/mol. The molecule has 0 saturated carbocycles. The van der Waals surface area contributed by atoms with Crippen LogP contribution >= 0.6 is 11.8 Å². The lowest BCUT2D eigenvalue weighted by atomic mass is 10.2. The second kappa shape index (κ2) is 7.88. The third-order valence-electron chi connectivity index (χ3n) is 3.50. The first kappa shape index (κ1) is 16.4. The van der Waals surface area contributed by atoms with Gasteiger partial charge in [0.05, 0.1) is 29.4 Å². The van der Waals surface area contributed by atoms with Crippen LogP contribution < -0.4 is 5.32 Å². The van der Waals surface area contributed by atoms with Gasteiger partial charge in [0.2, 0.25) is 5.91 Å². The van der Waals surface area contributed by atoms with Gasteiger partial charge in [0, 0.05) is 11.9 Å². The number of rotatable bonds is 7. The molecule has 24 heavy (non-hydrogen) atoms. The molecule has 0 aliphatic heterocycles. The summed E-state index contributed by atoms with van der Waals surface area (Å²) >= 11 is 1.54. The quantitative estimate of drug-likeness (QED) is 0.713. The lowest BCUT2D eigenvalue weighted by Gasteiger charge is -2.10. The average molecular weight is 341 g/mol. The molecule has 1 N–H and O–H groups in total. The van der Waals surface area contributed by atoms with E-state index in [9.17, 15) is 4.79 Å². The Labute approximate surface area is 145 Å². The Bertz CT molecular complexity index is 769. The third-order valence-corrected chi connectivity index (χ3v) is 4.46. The number of hydrogen-bond acceptors (Lipinski definition) is 4. The number of aromatic nitrogens is 2. The first-order valence-electron chi connectivity index (χ1n) is 7.73. The number of amides is 1. The monoisotopic (exact) mass is 341 g/mol. The Morgan fingerprint density at radius 1 is 1.25 bits per heavy atom. The highest BCUT2D eigenvalue weighted by molar-refractivity contribution is 7.99. The van der Waals surface area contributed by atoms with E-state index >= 15 is 0 Å². The maximum absolute atomic E-state index is 12.0. The van der Waals surface area contributed by atoms with E-state index in [1.165, 1.54) is 0 Å². The van der Waals surface area contributed by atoms with Gasteiger partial charge < -0.3 is 9.73 Å². The van der Waals surface area contributed by atoms with Crippen LogP contribution in [0.3, 0.4) is 0 Å². The van der Waals surface area contributed by atoms with Gasteiger partial charge in [-0.1, -0.05) is 18.2 Å². The molecule has 2 heterocycles. The van der Waals surface area contributed by atoms with Crippen molar-refractivity contribution in [1.29, 1.82) is 0 Å². The first-order valence-corrected chi connectivity index (χ1v) is 8.88. The number of nitrogens with one attached hydrogen (secondary N) is 1. The first-order chi connectivity index (χ1) is 11.7. The zero-order valence-corrected chi connectivity index (χ0v) is 14.2. The smallest absolute Gasteiger partial charge is 0.230 e. The van der Waals surface area contributed by atoms with Crippen molar-refractivity contribution in [3.05, 3.63) is 72.4 Å². The highest BCUT2D eigenvalue weighted by Gasteiger charge is 2.12. The van der Waals surface area contributed by atoms with E-state index in [2.05, 4.69) is 10.4 Å². The van der Waals surface area contributed by atoms with E-state index in [4.69, 9.17) is 4.42 Å². The Morgan fingerprint density at radius 2 is 2.08 bits per heavy atom. The van der Waals surface area contributed by atoms with E-state index in [1.54, 1.807) is 18.0 Å². The molecule has 0 saturated heterocycles. The van der Waals surface area contributed by atoms with Crippen LogP contribution in [0.25, 0.3) is 5.69 Å². The number of hydrogen-bond donors (Lipinski definition) is 1. The SMILES string of the molecule is C[C@@H](NC(=O)CSCc1ccn(-c2ccccc2)n1)c1ccco1. The molecule has 2 aromatic heterocycles. The molecule has 0 bridgehead atoms. The van der Waals surface area contributed by atoms with E-state index in [1.807, 2.05) is 66.3 Å². The zero-order chi connectivity index (χ0) is 16.8. The van der Waals surface area contributed by atoms with Crippen LogP contribution in [-0.4, -0.2) is 21.4 Å². The number of carbonyl (C=O) groups is 1. The number of benzene rings is 1. The Morgan fingerprint density at radius 3 is 2.83 bits per heavy atom. The predicted molar refractivity (Wildman–Crippen MR) is 95.0 cm³/mol. The maximum Gasteiger partial charge on any atom is 0.230 e. The normalized spacial score (nSPS) is 12.0. The summed E-state index contributed by atoms with van der Waals surface area (Å²) in [5.74, 6) is 1.84. The molecule has 0 radical (unpaired) electrons. The molecule has 6 heteroatoms. The summed E-state index contributed by atoms with van der Waals surface area (Å²) in [6, 6.07) is 15.5. The van der Waals surface area contributed by atoms with Crippen molar-refractivity contribution >= 4 is 17.7 Å². The van der Waals surface area contributed by atoms with Crippen LogP contribution in [0.5, 0.6) is 0 Å². The van der Waals surface area contributed by atoms with Crippen molar-refractivity contribution in [1.82, 2.24) is 15.1 Å². The number of nitrogens with zero attached hydrogens (tertiary/aromatic N) is 2. The van der Waals surface area contributed by atoms with Gasteiger partial charge in [-0.05, 0) is 37.3 Å². The van der Waals surface area contributed by atoms with Gasteiger partial charge >= 0.3 is 0 Å². The van der Waals surface area contributed by atoms with Gasteiger partial charge in [-0.15, -0.1) is 11.8 Å². The van der Waals surface area contributed by atoms with Crippen molar-refractivity contribution in [2.45, 2.75) is 18.7 Å². The van der Waals surface area contributed by atoms with Crippen LogP contribution in [0.1, 0.15) is 24.4 Å². The molecule has 124 valence electrons. The lowest BCUT2D eigenvalue weighted by Crippen LogP contribution is -2.27. The average Bonchev–Trinajstić information content (AvgIpc) is 3.27. The van der Waals surface area contributed by atoms with Gasteiger partial charge in [0.1, 0.15) is 5.76 Å². The number of para-hydroxylation sites is 1. The largest absolute Gasteiger partial charge is 0.467 e. The number of furan rings is 1. The Kier molecular flexibility index (Phi) is 5.38. The van der Waals surface area contributed by atoms with Gasteiger partial charge in [0.25, 0.3) is 0 Å². The highest BCUT2D eigenvalue weighted by atomic mass is 32.2. The standard InChI is InChI=1S/C18H19N3O2S/c1-14(17-8-5-11-23-17)19-18(22)13-24-12-15-9-10-21(20-15)16-6-3-2-4-7-16/h2-11,14H,12-13H2,1H3,(H,19,22)/t14-/m1/s1. The molecule has 0 fully saturated rings. The summed E-state index contributed by atoms with van der Waals surface area (Å²) in [5.41, 5.74) is 1.98. The van der Waals surface area contributed by atoms with Gasteiger partial charge in [0.15, 0.2) is 0 Å². The molecular formula is C18H19N3O2S. The zero-order valence-electron chi connectivity index (χ0n) is 13.4. The predicted octanol–water partition coefficient (Wildman–Crippen LogP) is 3.58. The van der Waals surface area contributed by atoms with Gasteiger partial charge in [-0.25, -0.2) is 4.68 Å². The number of thioether (sulfide) groups is 1. The molecule has 0 aliphatic carbocycles. The fourth-order valence-corrected chi connectivity index (χ4v) is 3.04. The van der Waals surface area contributed by atoms with E-state index in [-0.39, 0.29) is 11.9 Å². The van der Waals surface area contributed by atoms with Crippen LogP contribution in [0.15, 0.2) is 65.4 Å². The molecule has 1 amide bonds. The van der Waals surface area contributed by atoms with Gasteiger partial charge in [-0.3, -0.25) is 4.79 Å². The molecule has 3 rings (SSSR count). The molecule has 5 nitrogen and oxygen atoms in total. The van der Waals surface area contributed by atoms with Crippen molar-refractivity contribution in [3.63, 3.8) is 0 Å². The minimum atomic E-state index is -0.120. The summed E-state index contributed by atoms with van der Waals surface area (Å²) < 4.78 is 7.12. The molecule has 0 spiro atoms. The van der Waals surface area contributed by atoms with Crippen LogP contribution in [-0.2, 0) is 10.5 Å². The Hall–Kier alpha value is -2.47. The summed E-state index contributed by atoms with van der Waals surface area (Å²) in [6.45, 7) is 1.91. The Balaban J connectivity index is 1.45. The molecule has 0 unspecified atom stereocenters. The van der Waals surface area contributed by atoms with E-state index in [0.29, 0.717) is 11.5 Å².